The number of benzene rings is 2. The van der Waals surface area contributed by atoms with Gasteiger partial charge in [-0.15, -0.1) is 0 Å². The van der Waals surface area contributed by atoms with Crippen LogP contribution in [0, 0.1) is 0 Å². The van der Waals surface area contributed by atoms with Gasteiger partial charge in [-0.3, -0.25) is 0 Å². The van der Waals surface area contributed by atoms with E-state index in [1.54, 1.807) is 0 Å². The third-order valence-electron chi connectivity index (χ3n) is 3.04. The lowest BCUT2D eigenvalue weighted by atomic mass is 10.1. The Morgan fingerprint density at radius 3 is 1.81 bits per heavy atom. The Balaban J connectivity index is 2.28. The highest BCUT2D eigenvalue weighted by Crippen LogP contribution is 2.33. The smallest absolute Gasteiger partial charge is 0.161 e. The molecule has 2 aromatic carbocycles. The predicted molar refractivity (Wildman–Crippen MR) is 85.4 cm³/mol. The van der Waals surface area contributed by atoms with Crippen LogP contribution in [0.3, 0.4) is 0 Å². The first-order valence-electron chi connectivity index (χ1n) is 7.41. The molecule has 0 N–H and O–H groups in total. The molecule has 3 nitrogen and oxygen atoms in total. The molecule has 2 aromatic rings. The highest BCUT2D eigenvalue weighted by atomic mass is 16.5. The Labute approximate surface area is 126 Å². The van der Waals surface area contributed by atoms with E-state index < -0.39 is 0 Å². The summed E-state index contributed by atoms with van der Waals surface area (Å²) in [5, 5.41) is 0. The molecule has 0 saturated carbocycles. The average Bonchev–Trinajstić information content (AvgIpc) is 2.51. The van der Waals surface area contributed by atoms with Crippen molar-refractivity contribution in [3.63, 3.8) is 0 Å². The van der Waals surface area contributed by atoms with Crippen molar-refractivity contribution in [3.8, 4) is 28.4 Å². The molecule has 0 atom stereocenters. The van der Waals surface area contributed by atoms with E-state index in [9.17, 15) is 0 Å². The first kappa shape index (κ1) is 15.2. The summed E-state index contributed by atoms with van der Waals surface area (Å²) in [5.41, 5.74) is 2.23. The van der Waals surface area contributed by atoms with Gasteiger partial charge in [0.15, 0.2) is 11.5 Å². The van der Waals surface area contributed by atoms with Crippen LogP contribution < -0.4 is 14.2 Å². The van der Waals surface area contributed by atoms with E-state index in [0.717, 1.165) is 28.4 Å². The molecule has 0 bridgehead atoms. The molecular formula is C18H22O3. The van der Waals surface area contributed by atoms with Crippen LogP contribution in [0.2, 0.25) is 0 Å². The first-order valence-corrected chi connectivity index (χ1v) is 7.41. The van der Waals surface area contributed by atoms with E-state index in [1.807, 2.05) is 51.1 Å². The van der Waals surface area contributed by atoms with Gasteiger partial charge in [0.05, 0.1) is 19.8 Å². The molecule has 0 radical (unpaired) electrons. The van der Waals surface area contributed by atoms with E-state index in [-0.39, 0.29) is 0 Å². The molecule has 112 valence electrons. The zero-order valence-corrected chi connectivity index (χ0v) is 12.9. The van der Waals surface area contributed by atoms with Gasteiger partial charge >= 0.3 is 0 Å². The third kappa shape index (κ3) is 3.91. The van der Waals surface area contributed by atoms with Gasteiger partial charge in [-0.2, -0.15) is 0 Å². The molecular weight excluding hydrogens is 264 g/mol. The molecule has 0 aromatic heterocycles. The second-order valence-electron chi connectivity index (χ2n) is 4.48. The van der Waals surface area contributed by atoms with Crippen molar-refractivity contribution < 1.29 is 14.2 Å². The molecule has 21 heavy (non-hydrogen) atoms. The summed E-state index contributed by atoms with van der Waals surface area (Å²) in [7, 11) is 0. The summed E-state index contributed by atoms with van der Waals surface area (Å²) in [5.74, 6) is 2.46. The fraction of sp³-hybridized carbons (Fsp3) is 0.333. The number of rotatable bonds is 7. The summed E-state index contributed by atoms with van der Waals surface area (Å²) in [6.45, 7) is 7.84. The van der Waals surface area contributed by atoms with Crippen molar-refractivity contribution in [1.29, 1.82) is 0 Å². The monoisotopic (exact) mass is 286 g/mol. The minimum Gasteiger partial charge on any atom is -0.494 e. The number of ether oxygens (including phenoxy) is 3. The number of hydrogen-bond donors (Lipinski definition) is 0. The van der Waals surface area contributed by atoms with Crippen molar-refractivity contribution >= 4 is 0 Å². The van der Waals surface area contributed by atoms with Crippen LogP contribution in [-0.2, 0) is 0 Å². The Bertz CT molecular complexity index is 561. The third-order valence-corrected chi connectivity index (χ3v) is 3.04. The van der Waals surface area contributed by atoms with Crippen LogP contribution in [0.15, 0.2) is 42.5 Å². The zero-order chi connectivity index (χ0) is 15.1. The van der Waals surface area contributed by atoms with Crippen LogP contribution in [0.25, 0.3) is 11.1 Å². The molecule has 0 heterocycles. The van der Waals surface area contributed by atoms with Crippen molar-refractivity contribution in [2.75, 3.05) is 19.8 Å². The number of hydrogen-bond acceptors (Lipinski definition) is 3. The van der Waals surface area contributed by atoms with Crippen LogP contribution in [-0.4, -0.2) is 19.8 Å². The van der Waals surface area contributed by atoms with Gasteiger partial charge in [-0.1, -0.05) is 18.2 Å². The van der Waals surface area contributed by atoms with E-state index in [0.29, 0.717) is 19.8 Å². The van der Waals surface area contributed by atoms with Gasteiger partial charge in [0.1, 0.15) is 5.75 Å². The molecule has 0 aliphatic rings. The molecule has 0 saturated heterocycles. The lowest BCUT2D eigenvalue weighted by Crippen LogP contribution is -1.98. The molecule has 0 unspecified atom stereocenters. The van der Waals surface area contributed by atoms with Crippen LogP contribution in [0.5, 0.6) is 17.2 Å². The molecule has 0 amide bonds. The van der Waals surface area contributed by atoms with Gasteiger partial charge in [0, 0.05) is 0 Å². The molecule has 0 aliphatic carbocycles. The second kappa shape index (κ2) is 7.58. The van der Waals surface area contributed by atoms with E-state index in [4.69, 9.17) is 14.2 Å². The molecule has 3 heteroatoms. The quantitative estimate of drug-likeness (QED) is 0.747. The summed E-state index contributed by atoms with van der Waals surface area (Å²) < 4.78 is 16.7. The van der Waals surface area contributed by atoms with E-state index in [2.05, 4.69) is 12.1 Å². The predicted octanol–water partition coefficient (Wildman–Crippen LogP) is 4.55. The largest absolute Gasteiger partial charge is 0.494 e. The Morgan fingerprint density at radius 1 is 0.619 bits per heavy atom. The minimum absolute atomic E-state index is 0.618. The van der Waals surface area contributed by atoms with Crippen molar-refractivity contribution in [3.05, 3.63) is 42.5 Å². The lowest BCUT2D eigenvalue weighted by molar-refractivity contribution is 0.288. The van der Waals surface area contributed by atoms with Crippen LogP contribution in [0.4, 0.5) is 0 Å². The van der Waals surface area contributed by atoms with Gasteiger partial charge in [-0.05, 0) is 56.2 Å². The first-order chi connectivity index (χ1) is 10.3. The fourth-order valence-electron chi connectivity index (χ4n) is 2.14. The zero-order valence-electron chi connectivity index (χ0n) is 12.9. The van der Waals surface area contributed by atoms with Crippen molar-refractivity contribution in [1.82, 2.24) is 0 Å². The van der Waals surface area contributed by atoms with Gasteiger partial charge in [0.25, 0.3) is 0 Å². The fourth-order valence-corrected chi connectivity index (χ4v) is 2.14. The van der Waals surface area contributed by atoms with Gasteiger partial charge < -0.3 is 14.2 Å². The highest BCUT2D eigenvalue weighted by molar-refractivity contribution is 5.67. The van der Waals surface area contributed by atoms with Crippen LogP contribution >= 0.6 is 0 Å². The maximum atomic E-state index is 5.66. The summed E-state index contributed by atoms with van der Waals surface area (Å²) in [6.07, 6.45) is 0. The summed E-state index contributed by atoms with van der Waals surface area (Å²) in [6, 6.07) is 14.1. The van der Waals surface area contributed by atoms with Gasteiger partial charge in [0.2, 0.25) is 0 Å². The van der Waals surface area contributed by atoms with Crippen LogP contribution in [0.1, 0.15) is 20.8 Å². The Kier molecular flexibility index (Phi) is 5.50. The maximum absolute atomic E-state index is 5.66. The Morgan fingerprint density at radius 2 is 1.19 bits per heavy atom. The maximum Gasteiger partial charge on any atom is 0.161 e. The average molecular weight is 286 g/mol. The highest BCUT2D eigenvalue weighted by Gasteiger charge is 2.07. The summed E-state index contributed by atoms with van der Waals surface area (Å²) in [4.78, 5) is 0. The lowest BCUT2D eigenvalue weighted by Gasteiger charge is -2.13. The molecule has 0 spiro atoms. The standard InChI is InChI=1S/C18H22O3/c1-4-19-16-10-7-14(8-11-16)15-9-12-17(20-5-2)18(13-15)21-6-3/h7-13H,4-6H2,1-3H3. The second-order valence-corrected chi connectivity index (χ2v) is 4.48. The van der Waals surface area contributed by atoms with Crippen molar-refractivity contribution in [2.24, 2.45) is 0 Å². The molecule has 0 aliphatic heterocycles. The Hall–Kier alpha value is -2.16. The molecule has 2 rings (SSSR count). The van der Waals surface area contributed by atoms with E-state index >= 15 is 0 Å². The van der Waals surface area contributed by atoms with Gasteiger partial charge in [-0.25, -0.2) is 0 Å². The van der Waals surface area contributed by atoms with Crippen molar-refractivity contribution in [2.45, 2.75) is 20.8 Å². The summed E-state index contributed by atoms with van der Waals surface area (Å²) >= 11 is 0. The topological polar surface area (TPSA) is 27.7 Å². The SMILES string of the molecule is CCOc1ccc(-c2ccc(OCC)c(OCC)c2)cc1. The minimum atomic E-state index is 0.618. The molecule has 0 fully saturated rings. The normalized spacial score (nSPS) is 10.2. The van der Waals surface area contributed by atoms with E-state index in [1.165, 1.54) is 0 Å².